The van der Waals surface area contributed by atoms with Crippen molar-refractivity contribution in [2.75, 3.05) is 14.2 Å². The number of hydrogen-bond acceptors (Lipinski definition) is 3. The van der Waals surface area contributed by atoms with Crippen LogP contribution < -0.4 is 0 Å². The van der Waals surface area contributed by atoms with Crippen molar-refractivity contribution in [3.05, 3.63) is 18.2 Å². The lowest BCUT2D eigenvalue weighted by Crippen LogP contribution is -2.03. The molecule has 1 rings (SSSR count). The zero-order valence-corrected chi connectivity index (χ0v) is 6.00. The third-order valence-corrected chi connectivity index (χ3v) is 1.20. The summed E-state index contributed by atoms with van der Waals surface area (Å²) in [6, 6.07) is 0. The Morgan fingerprint density at radius 1 is 1.50 bits per heavy atom. The van der Waals surface area contributed by atoms with Crippen molar-refractivity contribution in [2.24, 2.45) is 0 Å². The molecular weight excluding hydrogens is 132 g/mol. The molecule has 0 atom stereocenters. The smallest absolute Gasteiger partial charge is 0.199 e. The fraction of sp³-hybridized carbons (Fsp3) is 0.500. The molecule has 0 spiro atoms. The number of imidazole rings is 1. The number of nitrogens with zero attached hydrogens (tertiary/aromatic N) is 1. The first-order valence-electron chi connectivity index (χ1n) is 2.92. The Morgan fingerprint density at radius 2 is 2.20 bits per heavy atom. The molecule has 0 aliphatic rings. The molecule has 10 heavy (non-hydrogen) atoms. The highest BCUT2D eigenvalue weighted by molar-refractivity contribution is 4.95. The minimum atomic E-state index is -0.331. The Hall–Kier alpha value is -0.870. The molecule has 1 aromatic heterocycles. The molecule has 0 amide bonds. The van der Waals surface area contributed by atoms with E-state index in [1.54, 1.807) is 26.7 Å². The number of methoxy groups -OCH3 is 2. The van der Waals surface area contributed by atoms with E-state index in [0.717, 1.165) is 5.69 Å². The van der Waals surface area contributed by atoms with E-state index in [1.807, 2.05) is 0 Å². The van der Waals surface area contributed by atoms with Crippen molar-refractivity contribution >= 4 is 0 Å². The fourth-order valence-corrected chi connectivity index (χ4v) is 0.746. The molecule has 0 aromatic carbocycles. The Balaban J connectivity index is 2.64. The van der Waals surface area contributed by atoms with Gasteiger partial charge in [-0.3, -0.25) is 0 Å². The molecule has 0 aliphatic carbocycles. The van der Waals surface area contributed by atoms with E-state index >= 15 is 0 Å². The van der Waals surface area contributed by atoms with Crippen LogP contribution in [0.25, 0.3) is 0 Å². The summed E-state index contributed by atoms with van der Waals surface area (Å²) in [6.07, 6.45) is 2.92. The summed E-state index contributed by atoms with van der Waals surface area (Å²) in [5, 5.41) is 0. The highest BCUT2D eigenvalue weighted by Gasteiger charge is 2.08. The zero-order valence-electron chi connectivity index (χ0n) is 6.00. The summed E-state index contributed by atoms with van der Waals surface area (Å²) in [7, 11) is 3.16. The second kappa shape index (κ2) is 3.34. The molecule has 1 N–H and O–H groups in total. The first-order valence-corrected chi connectivity index (χ1v) is 2.92. The van der Waals surface area contributed by atoms with Gasteiger partial charge in [-0.2, -0.15) is 0 Å². The SMILES string of the molecule is COC(OC)c1cnc[nH]1. The molecule has 0 saturated heterocycles. The Labute approximate surface area is 59.2 Å². The number of aromatic amines is 1. The van der Waals surface area contributed by atoms with Gasteiger partial charge in [-0.05, 0) is 0 Å². The number of nitrogens with one attached hydrogen (secondary N) is 1. The first-order chi connectivity index (χ1) is 4.88. The van der Waals surface area contributed by atoms with Crippen LogP contribution in [0.15, 0.2) is 12.5 Å². The average molecular weight is 142 g/mol. The Kier molecular flexibility index (Phi) is 2.42. The normalized spacial score (nSPS) is 10.7. The van der Waals surface area contributed by atoms with E-state index < -0.39 is 0 Å². The van der Waals surface area contributed by atoms with E-state index in [2.05, 4.69) is 9.97 Å². The molecule has 56 valence electrons. The minimum Gasteiger partial charge on any atom is -0.350 e. The maximum atomic E-state index is 4.95. The van der Waals surface area contributed by atoms with Crippen LogP contribution >= 0.6 is 0 Å². The van der Waals surface area contributed by atoms with Gasteiger partial charge in [0.15, 0.2) is 6.29 Å². The molecule has 0 bridgehead atoms. The molecule has 0 radical (unpaired) electrons. The van der Waals surface area contributed by atoms with Crippen LogP contribution in [0.2, 0.25) is 0 Å². The maximum Gasteiger partial charge on any atom is 0.199 e. The summed E-state index contributed by atoms with van der Waals surface area (Å²) >= 11 is 0. The van der Waals surface area contributed by atoms with E-state index in [9.17, 15) is 0 Å². The lowest BCUT2D eigenvalue weighted by Gasteiger charge is -2.09. The van der Waals surface area contributed by atoms with E-state index in [4.69, 9.17) is 9.47 Å². The number of aromatic nitrogens is 2. The molecule has 1 aromatic rings. The van der Waals surface area contributed by atoms with Gasteiger partial charge in [0.1, 0.15) is 0 Å². The van der Waals surface area contributed by atoms with E-state index in [1.165, 1.54) is 0 Å². The third kappa shape index (κ3) is 1.34. The van der Waals surface area contributed by atoms with Gasteiger partial charge in [-0.25, -0.2) is 4.98 Å². The van der Waals surface area contributed by atoms with Gasteiger partial charge < -0.3 is 14.5 Å². The molecule has 4 heteroatoms. The standard InChI is InChI=1S/C6H10N2O2/c1-9-6(10-2)5-3-7-4-8-5/h3-4,6H,1-2H3,(H,7,8). The van der Waals surface area contributed by atoms with Crippen LogP contribution in [0.5, 0.6) is 0 Å². The first kappa shape index (κ1) is 7.24. The predicted octanol–water partition coefficient (Wildman–Crippen LogP) is 0.701. The van der Waals surface area contributed by atoms with Gasteiger partial charge >= 0.3 is 0 Å². The van der Waals surface area contributed by atoms with Crippen LogP contribution in [0, 0.1) is 0 Å². The third-order valence-electron chi connectivity index (χ3n) is 1.20. The highest BCUT2D eigenvalue weighted by Crippen LogP contribution is 2.12. The van der Waals surface area contributed by atoms with Crippen molar-refractivity contribution in [3.8, 4) is 0 Å². The molecule has 1 heterocycles. The fourth-order valence-electron chi connectivity index (χ4n) is 0.746. The predicted molar refractivity (Wildman–Crippen MR) is 35.3 cm³/mol. The number of hydrogen-bond donors (Lipinski definition) is 1. The summed E-state index contributed by atoms with van der Waals surface area (Å²) in [5.74, 6) is 0. The van der Waals surface area contributed by atoms with E-state index in [-0.39, 0.29) is 6.29 Å². The number of ether oxygens (including phenoxy) is 2. The van der Waals surface area contributed by atoms with Gasteiger partial charge in [-0.1, -0.05) is 0 Å². The van der Waals surface area contributed by atoms with Gasteiger partial charge in [-0.15, -0.1) is 0 Å². The summed E-state index contributed by atoms with van der Waals surface area (Å²) in [6.45, 7) is 0. The van der Waals surface area contributed by atoms with Crippen molar-refractivity contribution in [1.82, 2.24) is 9.97 Å². The van der Waals surface area contributed by atoms with Crippen LogP contribution in [0.4, 0.5) is 0 Å². The van der Waals surface area contributed by atoms with Crippen molar-refractivity contribution < 1.29 is 9.47 Å². The Morgan fingerprint density at radius 3 is 2.60 bits per heavy atom. The van der Waals surface area contributed by atoms with Crippen molar-refractivity contribution in [3.63, 3.8) is 0 Å². The molecule has 0 aliphatic heterocycles. The van der Waals surface area contributed by atoms with Gasteiger partial charge in [0, 0.05) is 14.2 Å². The van der Waals surface area contributed by atoms with Crippen LogP contribution in [-0.4, -0.2) is 24.2 Å². The van der Waals surface area contributed by atoms with Crippen molar-refractivity contribution in [2.45, 2.75) is 6.29 Å². The van der Waals surface area contributed by atoms with Crippen molar-refractivity contribution in [1.29, 1.82) is 0 Å². The largest absolute Gasteiger partial charge is 0.350 e. The second-order valence-corrected chi connectivity index (χ2v) is 1.81. The average Bonchev–Trinajstić information content (AvgIpc) is 2.43. The molecule has 0 saturated carbocycles. The van der Waals surface area contributed by atoms with Crippen LogP contribution in [0.1, 0.15) is 12.0 Å². The molecule has 4 nitrogen and oxygen atoms in total. The quantitative estimate of drug-likeness (QED) is 0.632. The monoisotopic (exact) mass is 142 g/mol. The van der Waals surface area contributed by atoms with Gasteiger partial charge in [0.25, 0.3) is 0 Å². The molecule has 0 fully saturated rings. The summed E-state index contributed by atoms with van der Waals surface area (Å²) in [5.41, 5.74) is 0.824. The van der Waals surface area contributed by atoms with Gasteiger partial charge in [0.2, 0.25) is 0 Å². The summed E-state index contributed by atoms with van der Waals surface area (Å²) in [4.78, 5) is 6.70. The number of H-pyrrole nitrogens is 1. The van der Waals surface area contributed by atoms with Crippen LogP contribution in [-0.2, 0) is 9.47 Å². The Bertz CT molecular complexity index is 170. The second-order valence-electron chi connectivity index (χ2n) is 1.81. The summed E-state index contributed by atoms with van der Waals surface area (Å²) < 4.78 is 9.90. The number of rotatable bonds is 3. The van der Waals surface area contributed by atoms with Crippen LogP contribution in [0.3, 0.4) is 0 Å². The molecular formula is C6H10N2O2. The highest BCUT2D eigenvalue weighted by atomic mass is 16.7. The lowest BCUT2D eigenvalue weighted by molar-refractivity contribution is -0.108. The van der Waals surface area contributed by atoms with E-state index in [0.29, 0.717) is 0 Å². The lowest BCUT2D eigenvalue weighted by atomic mass is 10.5. The topological polar surface area (TPSA) is 47.1 Å². The van der Waals surface area contributed by atoms with Gasteiger partial charge in [0.05, 0.1) is 18.2 Å². The maximum absolute atomic E-state index is 4.95. The molecule has 0 unspecified atom stereocenters. The zero-order chi connectivity index (χ0) is 7.40. The minimum absolute atomic E-state index is 0.331.